The largest absolute Gasteiger partial charge is 0.391 e. The lowest BCUT2D eigenvalue weighted by atomic mass is 10.1. The van der Waals surface area contributed by atoms with Gasteiger partial charge in [0.05, 0.1) is 18.5 Å². The monoisotopic (exact) mass is 246 g/mol. The molecule has 1 fully saturated rings. The van der Waals surface area contributed by atoms with Crippen molar-refractivity contribution >= 4 is 17.0 Å². The molecule has 2 aromatic heterocycles. The average molecular weight is 246 g/mol. The molecule has 1 radical (unpaired) electrons. The van der Waals surface area contributed by atoms with E-state index in [4.69, 9.17) is 5.73 Å². The summed E-state index contributed by atoms with van der Waals surface area (Å²) in [4.78, 5) is 12.4. The number of nitrogens with two attached hydrogens (primary N) is 1. The molecule has 6 nitrogen and oxygen atoms in total. The zero-order chi connectivity index (χ0) is 12.7. The normalized spacial score (nSPS) is 28.0. The lowest BCUT2D eigenvalue weighted by Crippen LogP contribution is -2.17. The zero-order valence-corrected chi connectivity index (χ0v) is 10.0. The van der Waals surface area contributed by atoms with Gasteiger partial charge in [-0.2, -0.15) is 0 Å². The maximum atomic E-state index is 10.1. The summed E-state index contributed by atoms with van der Waals surface area (Å²) in [6.07, 6.45) is 5.28. The number of hydrogen-bond donors (Lipinski definition) is 2. The summed E-state index contributed by atoms with van der Waals surface area (Å²) in [7, 11) is 0. The number of aliphatic hydroxyl groups is 1. The highest BCUT2D eigenvalue weighted by molar-refractivity contribution is 5.81. The third-order valence-corrected chi connectivity index (χ3v) is 3.75. The fraction of sp³-hybridized carbons (Fsp3) is 0.500. The maximum Gasteiger partial charge on any atom is 0.165 e. The summed E-state index contributed by atoms with van der Waals surface area (Å²) in [6.45, 7) is 3.91. The molecule has 3 atom stereocenters. The lowest BCUT2D eigenvalue weighted by molar-refractivity contribution is 0.136. The predicted molar refractivity (Wildman–Crippen MR) is 67.5 cm³/mol. The minimum Gasteiger partial charge on any atom is -0.391 e. The number of aliphatic hydroxyl groups excluding tert-OH is 1. The minimum atomic E-state index is -0.370. The highest BCUT2D eigenvalue weighted by Crippen LogP contribution is 2.37. The number of fused-ring (bicyclic) bond motifs is 1. The second-order valence-corrected chi connectivity index (χ2v) is 4.84. The molecule has 3 rings (SSSR count). The molecule has 0 aliphatic heterocycles. The fourth-order valence-electron chi connectivity index (χ4n) is 2.74. The van der Waals surface area contributed by atoms with Gasteiger partial charge in [0.25, 0.3) is 0 Å². The maximum absolute atomic E-state index is 10.1. The SMILES string of the molecule is [CH2]CC1CC(O)C(n2cnc3c(N)ncnc32)C1. The Bertz CT molecular complexity index is 567. The Labute approximate surface area is 105 Å². The topological polar surface area (TPSA) is 89.8 Å². The van der Waals surface area contributed by atoms with Gasteiger partial charge in [-0.3, -0.25) is 0 Å². The van der Waals surface area contributed by atoms with Crippen LogP contribution in [-0.4, -0.2) is 30.7 Å². The molecule has 0 aromatic carbocycles. The van der Waals surface area contributed by atoms with Crippen molar-refractivity contribution in [2.45, 2.75) is 31.4 Å². The second kappa shape index (κ2) is 4.20. The summed E-state index contributed by atoms with van der Waals surface area (Å²) in [5.74, 6) is 0.835. The highest BCUT2D eigenvalue weighted by atomic mass is 16.3. The molecule has 95 valence electrons. The molecule has 2 heterocycles. The number of nitrogens with zero attached hydrogens (tertiary/aromatic N) is 4. The van der Waals surface area contributed by atoms with E-state index in [1.807, 2.05) is 4.57 Å². The molecule has 0 amide bonds. The standard InChI is InChI=1S/C12H16N5O/c1-2-7-3-8(9(18)4-7)17-6-16-10-11(13)14-5-15-12(10)17/h5-9,18H,1-4H2,(H2,13,14,15). The smallest absolute Gasteiger partial charge is 0.165 e. The first-order valence-corrected chi connectivity index (χ1v) is 6.11. The first-order chi connectivity index (χ1) is 8.70. The Hall–Kier alpha value is -1.69. The van der Waals surface area contributed by atoms with Crippen molar-refractivity contribution in [2.24, 2.45) is 5.92 Å². The molecular formula is C12H16N5O. The lowest BCUT2D eigenvalue weighted by Gasteiger charge is -2.16. The van der Waals surface area contributed by atoms with Crippen LogP contribution in [-0.2, 0) is 0 Å². The molecule has 18 heavy (non-hydrogen) atoms. The van der Waals surface area contributed by atoms with Crippen LogP contribution in [0.15, 0.2) is 12.7 Å². The molecule has 0 bridgehead atoms. The van der Waals surface area contributed by atoms with E-state index in [-0.39, 0.29) is 12.1 Å². The van der Waals surface area contributed by atoms with Gasteiger partial charge in [0, 0.05) is 0 Å². The molecule has 2 aromatic rings. The summed E-state index contributed by atoms with van der Waals surface area (Å²) >= 11 is 0. The van der Waals surface area contributed by atoms with Gasteiger partial charge in [-0.15, -0.1) is 0 Å². The third kappa shape index (κ3) is 1.64. The Balaban J connectivity index is 2.02. The molecule has 6 heteroatoms. The van der Waals surface area contributed by atoms with E-state index >= 15 is 0 Å². The molecule has 1 aliphatic rings. The van der Waals surface area contributed by atoms with E-state index in [0.29, 0.717) is 22.9 Å². The zero-order valence-electron chi connectivity index (χ0n) is 10.0. The summed E-state index contributed by atoms with van der Waals surface area (Å²) in [5, 5.41) is 10.1. The summed E-state index contributed by atoms with van der Waals surface area (Å²) < 4.78 is 1.91. The van der Waals surface area contributed by atoms with Crippen molar-refractivity contribution < 1.29 is 5.11 Å². The molecule has 0 saturated heterocycles. The summed E-state index contributed by atoms with van der Waals surface area (Å²) in [5.41, 5.74) is 7.05. The first-order valence-electron chi connectivity index (χ1n) is 6.11. The number of anilines is 1. The Morgan fingerprint density at radius 2 is 2.22 bits per heavy atom. The van der Waals surface area contributed by atoms with Gasteiger partial charge in [0.15, 0.2) is 11.5 Å². The van der Waals surface area contributed by atoms with E-state index in [1.165, 1.54) is 6.33 Å². The number of rotatable bonds is 2. The quantitative estimate of drug-likeness (QED) is 0.823. The van der Waals surface area contributed by atoms with Crippen LogP contribution in [0.2, 0.25) is 0 Å². The van der Waals surface area contributed by atoms with Gasteiger partial charge < -0.3 is 15.4 Å². The van der Waals surface area contributed by atoms with Crippen molar-refractivity contribution in [1.82, 2.24) is 19.5 Å². The van der Waals surface area contributed by atoms with Crippen molar-refractivity contribution in [1.29, 1.82) is 0 Å². The van der Waals surface area contributed by atoms with Crippen LogP contribution < -0.4 is 5.73 Å². The molecule has 3 N–H and O–H groups in total. The van der Waals surface area contributed by atoms with E-state index in [9.17, 15) is 5.11 Å². The van der Waals surface area contributed by atoms with E-state index < -0.39 is 0 Å². The van der Waals surface area contributed by atoms with Crippen LogP contribution in [0.3, 0.4) is 0 Å². The van der Waals surface area contributed by atoms with Gasteiger partial charge in [-0.05, 0) is 18.8 Å². The van der Waals surface area contributed by atoms with Crippen molar-refractivity contribution in [3.63, 3.8) is 0 Å². The van der Waals surface area contributed by atoms with E-state index in [2.05, 4.69) is 21.9 Å². The van der Waals surface area contributed by atoms with Crippen LogP contribution in [0.1, 0.15) is 25.3 Å². The highest BCUT2D eigenvalue weighted by Gasteiger charge is 2.34. The molecule has 1 aliphatic carbocycles. The number of nitrogen functional groups attached to an aromatic ring is 1. The Kier molecular flexibility index (Phi) is 2.66. The van der Waals surface area contributed by atoms with Gasteiger partial charge in [-0.1, -0.05) is 13.3 Å². The minimum absolute atomic E-state index is 0.0102. The van der Waals surface area contributed by atoms with Crippen LogP contribution in [0.25, 0.3) is 11.2 Å². The van der Waals surface area contributed by atoms with Crippen LogP contribution in [0.5, 0.6) is 0 Å². The van der Waals surface area contributed by atoms with Crippen LogP contribution in [0.4, 0.5) is 5.82 Å². The predicted octanol–water partition coefficient (Wildman–Crippen LogP) is 0.945. The number of aromatic nitrogens is 4. The number of hydrogen-bond acceptors (Lipinski definition) is 5. The Morgan fingerprint density at radius 3 is 2.94 bits per heavy atom. The fourth-order valence-corrected chi connectivity index (χ4v) is 2.74. The van der Waals surface area contributed by atoms with Crippen molar-refractivity contribution in [3.05, 3.63) is 19.6 Å². The molecule has 0 spiro atoms. The van der Waals surface area contributed by atoms with Gasteiger partial charge in [0.2, 0.25) is 0 Å². The Morgan fingerprint density at radius 1 is 1.39 bits per heavy atom. The van der Waals surface area contributed by atoms with Gasteiger partial charge in [0.1, 0.15) is 11.8 Å². The van der Waals surface area contributed by atoms with Gasteiger partial charge >= 0.3 is 0 Å². The van der Waals surface area contributed by atoms with Gasteiger partial charge in [-0.25, -0.2) is 15.0 Å². The average Bonchev–Trinajstić information content (AvgIpc) is 2.93. The van der Waals surface area contributed by atoms with Crippen LogP contribution >= 0.6 is 0 Å². The molecular weight excluding hydrogens is 230 g/mol. The van der Waals surface area contributed by atoms with E-state index in [1.54, 1.807) is 6.33 Å². The van der Waals surface area contributed by atoms with E-state index in [0.717, 1.165) is 19.3 Å². The molecule has 3 unspecified atom stereocenters. The third-order valence-electron chi connectivity index (χ3n) is 3.75. The molecule has 1 saturated carbocycles. The number of imidazole rings is 1. The van der Waals surface area contributed by atoms with Crippen molar-refractivity contribution in [3.8, 4) is 0 Å². The first kappa shape index (κ1) is 11.4. The second-order valence-electron chi connectivity index (χ2n) is 4.84. The van der Waals surface area contributed by atoms with Crippen molar-refractivity contribution in [2.75, 3.05) is 5.73 Å². The summed E-state index contributed by atoms with van der Waals surface area (Å²) in [6, 6.07) is 0.0102. The van der Waals surface area contributed by atoms with Crippen LogP contribution in [0, 0.1) is 12.8 Å².